The number of carbonyl (C=O) groups excluding carboxylic acids is 2. The summed E-state index contributed by atoms with van der Waals surface area (Å²) in [6.45, 7) is 1.40. The molecule has 1 unspecified atom stereocenters. The summed E-state index contributed by atoms with van der Waals surface area (Å²) in [6.07, 6.45) is 0.272. The van der Waals surface area contributed by atoms with Gasteiger partial charge in [0, 0.05) is 32.3 Å². The molecule has 1 aliphatic heterocycles. The van der Waals surface area contributed by atoms with Gasteiger partial charge in [-0.05, 0) is 12.1 Å². The quantitative estimate of drug-likeness (QED) is 0.799. The number of benzene rings is 1. The van der Waals surface area contributed by atoms with Crippen LogP contribution in [0.3, 0.4) is 0 Å². The van der Waals surface area contributed by atoms with Gasteiger partial charge in [-0.3, -0.25) is 9.59 Å². The van der Waals surface area contributed by atoms with E-state index in [0.717, 1.165) is 5.69 Å². The molecule has 1 heterocycles. The average Bonchev–Trinajstić information content (AvgIpc) is 2.82. The molecule has 0 aromatic heterocycles. The number of nitrogens with one attached hydrogen (secondary N) is 1. The van der Waals surface area contributed by atoms with Gasteiger partial charge in [0.2, 0.25) is 11.8 Å². The second-order valence-electron chi connectivity index (χ2n) is 4.52. The molecular weight excluding hydrogens is 244 g/mol. The number of amides is 2. The Hall–Kier alpha value is -1.88. The predicted molar refractivity (Wildman–Crippen MR) is 71.8 cm³/mol. The lowest BCUT2D eigenvalue weighted by atomic mass is 10.1. The van der Waals surface area contributed by atoms with E-state index in [9.17, 15) is 9.59 Å². The van der Waals surface area contributed by atoms with Crippen molar-refractivity contribution >= 4 is 17.5 Å². The van der Waals surface area contributed by atoms with Crippen LogP contribution in [0.25, 0.3) is 0 Å². The van der Waals surface area contributed by atoms with E-state index < -0.39 is 0 Å². The average molecular weight is 262 g/mol. The van der Waals surface area contributed by atoms with Crippen LogP contribution >= 0.6 is 0 Å². The highest BCUT2D eigenvalue weighted by molar-refractivity contribution is 6.00. The number of ether oxygens (including phenoxy) is 1. The van der Waals surface area contributed by atoms with E-state index >= 15 is 0 Å². The third kappa shape index (κ3) is 3.32. The molecule has 1 fully saturated rings. The van der Waals surface area contributed by atoms with Gasteiger partial charge in [0.15, 0.2) is 0 Å². The first-order valence-electron chi connectivity index (χ1n) is 6.34. The van der Waals surface area contributed by atoms with Crippen LogP contribution in [0.15, 0.2) is 30.3 Å². The van der Waals surface area contributed by atoms with Crippen LogP contribution in [0.1, 0.15) is 6.42 Å². The molecular formula is C14H18N2O3. The lowest BCUT2D eigenvalue weighted by molar-refractivity contribution is -0.126. The van der Waals surface area contributed by atoms with Crippen LogP contribution in [0.2, 0.25) is 0 Å². The lowest BCUT2D eigenvalue weighted by Crippen LogP contribution is -2.34. The minimum atomic E-state index is -0.274. The van der Waals surface area contributed by atoms with Gasteiger partial charge < -0.3 is 15.0 Å². The van der Waals surface area contributed by atoms with Crippen LogP contribution in [0, 0.1) is 5.92 Å². The summed E-state index contributed by atoms with van der Waals surface area (Å²) in [5.74, 6) is -0.355. The smallest absolute Gasteiger partial charge is 0.227 e. The molecule has 2 amide bonds. The van der Waals surface area contributed by atoms with Crippen molar-refractivity contribution < 1.29 is 14.3 Å². The van der Waals surface area contributed by atoms with Crippen molar-refractivity contribution in [1.29, 1.82) is 0 Å². The van der Waals surface area contributed by atoms with Crippen LogP contribution in [-0.2, 0) is 14.3 Å². The first-order chi connectivity index (χ1) is 9.22. The van der Waals surface area contributed by atoms with Crippen molar-refractivity contribution in [2.45, 2.75) is 6.42 Å². The van der Waals surface area contributed by atoms with E-state index in [4.69, 9.17) is 4.74 Å². The van der Waals surface area contributed by atoms with Crippen molar-refractivity contribution in [3.05, 3.63) is 30.3 Å². The van der Waals surface area contributed by atoms with Crippen molar-refractivity contribution in [2.75, 3.05) is 31.7 Å². The molecule has 0 saturated carbocycles. The van der Waals surface area contributed by atoms with Gasteiger partial charge in [-0.2, -0.15) is 0 Å². The second kappa shape index (κ2) is 6.33. The fourth-order valence-corrected chi connectivity index (χ4v) is 2.16. The standard InChI is InChI=1S/C14H18N2O3/c1-19-8-7-15-14(18)11-9-13(17)16(10-11)12-5-3-2-4-6-12/h2-6,11H,7-10H2,1H3,(H,15,18). The Labute approximate surface area is 112 Å². The minimum absolute atomic E-state index is 0.00177. The number of nitrogens with zero attached hydrogens (tertiary/aromatic N) is 1. The number of para-hydroxylation sites is 1. The first-order valence-corrected chi connectivity index (χ1v) is 6.34. The van der Waals surface area contributed by atoms with E-state index in [1.807, 2.05) is 30.3 Å². The predicted octanol–water partition coefficient (Wildman–Crippen LogP) is 0.802. The topological polar surface area (TPSA) is 58.6 Å². The summed E-state index contributed by atoms with van der Waals surface area (Å²) < 4.78 is 4.87. The molecule has 1 N–H and O–H groups in total. The molecule has 1 atom stereocenters. The van der Waals surface area contributed by atoms with E-state index in [0.29, 0.717) is 19.7 Å². The highest BCUT2D eigenvalue weighted by Gasteiger charge is 2.34. The minimum Gasteiger partial charge on any atom is -0.383 e. The van der Waals surface area contributed by atoms with Crippen molar-refractivity contribution in [1.82, 2.24) is 5.32 Å². The molecule has 2 rings (SSSR count). The Morgan fingerprint density at radius 2 is 2.16 bits per heavy atom. The number of hydrogen-bond donors (Lipinski definition) is 1. The van der Waals surface area contributed by atoms with Crippen molar-refractivity contribution in [3.63, 3.8) is 0 Å². The largest absolute Gasteiger partial charge is 0.383 e. The van der Waals surface area contributed by atoms with Gasteiger partial charge in [-0.1, -0.05) is 18.2 Å². The molecule has 1 aliphatic rings. The number of rotatable bonds is 5. The zero-order valence-corrected chi connectivity index (χ0v) is 11.0. The van der Waals surface area contributed by atoms with Crippen LogP contribution in [0.4, 0.5) is 5.69 Å². The maximum Gasteiger partial charge on any atom is 0.227 e. The number of anilines is 1. The molecule has 1 saturated heterocycles. The third-order valence-corrected chi connectivity index (χ3v) is 3.17. The maximum absolute atomic E-state index is 11.9. The Bertz CT molecular complexity index is 447. The van der Waals surface area contributed by atoms with Crippen LogP contribution in [0.5, 0.6) is 0 Å². The van der Waals surface area contributed by atoms with Gasteiger partial charge >= 0.3 is 0 Å². The van der Waals surface area contributed by atoms with Gasteiger partial charge in [-0.15, -0.1) is 0 Å². The molecule has 1 aromatic carbocycles. The Balaban J connectivity index is 1.94. The van der Waals surface area contributed by atoms with Crippen molar-refractivity contribution in [2.24, 2.45) is 5.92 Å². The van der Waals surface area contributed by atoms with Gasteiger partial charge in [0.05, 0.1) is 12.5 Å². The fraction of sp³-hybridized carbons (Fsp3) is 0.429. The van der Waals surface area contributed by atoms with Gasteiger partial charge in [0.25, 0.3) is 0 Å². The highest BCUT2D eigenvalue weighted by Crippen LogP contribution is 2.24. The number of hydrogen-bond acceptors (Lipinski definition) is 3. The van der Waals surface area contributed by atoms with Gasteiger partial charge in [-0.25, -0.2) is 0 Å². The van der Waals surface area contributed by atoms with E-state index in [1.54, 1.807) is 12.0 Å². The van der Waals surface area contributed by atoms with Crippen molar-refractivity contribution in [3.8, 4) is 0 Å². The second-order valence-corrected chi connectivity index (χ2v) is 4.52. The normalized spacial score (nSPS) is 18.7. The molecule has 0 aliphatic carbocycles. The molecule has 0 spiro atoms. The highest BCUT2D eigenvalue weighted by atomic mass is 16.5. The molecule has 5 heteroatoms. The summed E-state index contributed by atoms with van der Waals surface area (Å²) in [4.78, 5) is 25.5. The summed E-state index contributed by atoms with van der Waals surface area (Å²) in [5.41, 5.74) is 0.847. The summed E-state index contributed by atoms with van der Waals surface area (Å²) in [6, 6.07) is 9.42. The molecule has 1 aromatic rings. The molecule has 0 bridgehead atoms. The Kier molecular flexibility index (Phi) is 4.52. The molecule has 5 nitrogen and oxygen atoms in total. The molecule has 0 radical (unpaired) electrons. The van der Waals surface area contributed by atoms with E-state index in [1.165, 1.54) is 0 Å². The Morgan fingerprint density at radius 3 is 2.84 bits per heavy atom. The zero-order chi connectivity index (χ0) is 13.7. The number of carbonyl (C=O) groups is 2. The fourth-order valence-electron chi connectivity index (χ4n) is 2.16. The van der Waals surface area contributed by atoms with Gasteiger partial charge in [0.1, 0.15) is 0 Å². The SMILES string of the molecule is COCCNC(=O)C1CC(=O)N(c2ccccc2)C1. The Morgan fingerprint density at radius 1 is 1.42 bits per heavy atom. The molecule has 19 heavy (non-hydrogen) atoms. The van der Waals surface area contributed by atoms with Crippen LogP contribution in [-0.4, -0.2) is 38.6 Å². The lowest BCUT2D eigenvalue weighted by Gasteiger charge is -2.16. The van der Waals surface area contributed by atoms with E-state index in [2.05, 4.69) is 5.32 Å². The summed E-state index contributed by atoms with van der Waals surface area (Å²) in [7, 11) is 1.59. The van der Waals surface area contributed by atoms with Crippen LogP contribution < -0.4 is 10.2 Å². The van der Waals surface area contributed by atoms with E-state index in [-0.39, 0.29) is 24.2 Å². The first kappa shape index (κ1) is 13.5. The zero-order valence-electron chi connectivity index (χ0n) is 11.0. The number of methoxy groups -OCH3 is 1. The monoisotopic (exact) mass is 262 g/mol. The summed E-state index contributed by atoms with van der Waals surface area (Å²) in [5, 5.41) is 2.78. The third-order valence-electron chi connectivity index (χ3n) is 3.17. The maximum atomic E-state index is 11.9. The summed E-state index contributed by atoms with van der Waals surface area (Å²) >= 11 is 0. The molecule has 102 valence electrons.